The summed E-state index contributed by atoms with van der Waals surface area (Å²) >= 11 is 2.38. The van der Waals surface area contributed by atoms with Crippen LogP contribution in [0.3, 0.4) is 0 Å². The highest BCUT2D eigenvalue weighted by Gasteiger charge is 2.41. The molecule has 2 heterocycles. The Balaban J connectivity index is 1.86. The van der Waals surface area contributed by atoms with Crippen molar-refractivity contribution in [3.63, 3.8) is 0 Å². The predicted molar refractivity (Wildman–Crippen MR) is 90.6 cm³/mol. The van der Waals surface area contributed by atoms with Gasteiger partial charge in [0.15, 0.2) is 4.34 Å². The minimum absolute atomic E-state index is 0.0858. The highest BCUT2D eigenvalue weighted by atomic mass is 32.2. The monoisotopic (exact) mass is 366 g/mol. The maximum absolute atomic E-state index is 12.7. The van der Waals surface area contributed by atoms with E-state index in [9.17, 15) is 9.59 Å². The van der Waals surface area contributed by atoms with Gasteiger partial charge in [-0.05, 0) is 0 Å². The molecule has 126 valence electrons. The number of anilines is 2. The lowest BCUT2D eigenvalue weighted by Gasteiger charge is -2.16. The molecule has 0 radical (unpaired) electrons. The molecule has 1 unspecified atom stereocenters. The minimum Gasteiger partial charge on any atom is -0.497 e. The molecule has 1 aliphatic rings. The number of amides is 2. The molecule has 1 aromatic heterocycles. The smallest absolute Gasteiger partial charge is 0.247 e. The predicted octanol–water partition coefficient (Wildman–Crippen LogP) is 1.56. The first kappa shape index (κ1) is 16.5. The molecule has 2 aromatic rings. The molecule has 1 aliphatic heterocycles. The third kappa shape index (κ3) is 3.15. The fourth-order valence-corrected chi connectivity index (χ4v) is 4.18. The van der Waals surface area contributed by atoms with Crippen LogP contribution in [0, 0.1) is 0 Å². The number of imide groups is 1. The van der Waals surface area contributed by atoms with E-state index >= 15 is 0 Å². The third-order valence-corrected chi connectivity index (χ3v) is 5.39. The van der Waals surface area contributed by atoms with E-state index in [1.807, 2.05) is 0 Å². The van der Waals surface area contributed by atoms with Gasteiger partial charge in [0.2, 0.25) is 16.9 Å². The molecule has 1 fully saturated rings. The average Bonchev–Trinajstić information content (AvgIpc) is 3.10. The fourth-order valence-electron chi connectivity index (χ4n) is 2.28. The fraction of sp³-hybridized carbons (Fsp3) is 0.286. The van der Waals surface area contributed by atoms with Gasteiger partial charge in [0, 0.05) is 24.6 Å². The number of aromatic nitrogens is 2. The number of nitrogen functional groups attached to an aromatic ring is 1. The van der Waals surface area contributed by atoms with Crippen LogP contribution in [0.15, 0.2) is 22.5 Å². The third-order valence-electron chi connectivity index (χ3n) is 3.36. The number of hydrogen-bond acceptors (Lipinski definition) is 9. The maximum Gasteiger partial charge on any atom is 0.247 e. The second-order valence-electron chi connectivity index (χ2n) is 4.86. The van der Waals surface area contributed by atoms with Gasteiger partial charge in [-0.25, -0.2) is 4.90 Å². The van der Waals surface area contributed by atoms with Crippen LogP contribution in [-0.2, 0) is 9.59 Å². The van der Waals surface area contributed by atoms with Gasteiger partial charge in [-0.3, -0.25) is 9.59 Å². The number of ether oxygens (including phenoxy) is 2. The van der Waals surface area contributed by atoms with E-state index < -0.39 is 5.25 Å². The first-order valence-corrected chi connectivity index (χ1v) is 8.57. The summed E-state index contributed by atoms with van der Waals surface area (Å²) in [6.07, 6.45) is 0.0858. The van der Waals surface area contributed by atoms with E-state index in [0.717, 1.165) is 4.90 Å². The molecule has 1 atom stereocenters. The molecular weight excluding hydrogens is 352 g/mol. The molecule has 2 N–H and O–H groups in total. The summed E-state index contributed by atoms with van der Waals surface area (Å²) in [7, 11) is 3.01. The summed E-state index contributed by atoms with van der Waals surface area (Å²) in [6.45, 7) is 0. The second-order valence-corrected chi connectivity index (χ2v) is 7.31. The van der Waals surface area contributed by atoms with Crippen LogP contribution in [0.2, 0.25) is 0 Å². The van der Waals surface area contributed by atoms with Gasteiger partial charge < -0.3 is 15.2 Å². The highest BCUT2D eigenvalue weighted by Crippen LogP contribution is 2.37. The Bertz CT molecular complexity index is 773. The number of thioether (sulfide) groups is 1. The van der Waals surface area contributed by atoms with Gasteiger partial charge in [0.1, 0.15) is 16.7 Å². The first-order valence-electron chi connectivity index (χ1n) is 6.87. The number of nitrogens with two attached hydrogens (primary N) is 1. The van der Waals surface area contributed by atoms with E-state index in [-0.39, 0.29) is 18.2 Å². The second kappa shape index (κ2) is 6.65. The summed E-state index contributed by atoms with van der Waals surface area (Å²) in [6, 6.07) is 4.91. The van der Waals surface area contributed by atoms with Gasteiger partial charge >= 0.3 is 0 Å². The molecule has 8 nitrogen and oxygen atoms in total. The SMILES string of the molecule is COc1cc(OC)cc(N2C(=O)CC(Sc3nnc(N)s3)C2=O)c1. The first-order chi connectivity index (χ1) is 11.5. The van der Waals surface area contributed by atoms with Crippen molar-refractivity contribution in [2.75, 3.05) is 24.9 Å². The van der Waals surface area contributed by atoms with Gasteiger partial charge in [0.25, 0.3) is 0 Å². The van der Waals surface area contributed by atoms with Gasteiger partial charge in [-0.2, -0.15) is 0 Å². The number of carbonyl (C=O) groups is 2. The summed E-state index contributed by atoms with van der Waals surface area (Å²) in [5.41, 5.74) is 5.96. The number of hydrogen-bond donors (Lipinski definition) is 1. The van der Waals surface area contributed by atoms with Crippen molar-refractivity contribution in [2.45, 2.75) is 16.0 Å². The van der Waals surface area contributed by atoms with Gasteiger partial charge in [-0.1, -0.05) is 23.1 Å². The topological polar surface area (TPSA) is 108 Å². The van der Waals surface area contributed by atoms with E-state index in [4.69, 9.17) is 15.2 Å². The van der Waals surface area contributed by atoms with E-state index in [1.54, 1.807) is 18.2 Å². The Labute approximate surface area is 145 Å². The summed E-state index contributed by atoms with van der Waals surface area (Å²) < 4.78 is 10.9. The van der Waals surface area contributed by atoms with Crippen LogP contribution >= 0.6 is 23.1 Å². The maximum atomic E-state index is 12.7. The van der Waals surface area contributed by atoms with E-state index in [1.165, 1.54) is 37.3 Å². The van der Waals surface area contributed by atoms with Crippen molar-refractivity contribution in [1.29, 1.82) is 0 Å². The Morgan fingerprint density at radius 1 is 1.21 bits per heavy atom. The molecule has 2 amide bonds. The summed E-state index contributed by atoms with van der Waals surface area (Å²) in [5.74, 6) is 0.398. The Hall–Kier alpha value is -2.33. The number of nitrogens with zero attached hydrogens (tertiary/aromatic N) is 3. The average molecular weight is 366 g/mol. The van der Waals surface area contributed by atoms with Crippen molar-refractivity contribution in [1.82, 2.24) is 10.2 Å². The molecule has 0 spiro atoms. The van der Waals surface area contributed by atoms with E-state index in [2.05, 4.69) is 10.2 Å². The lowest BCUT2D eigenvalue weighted by Crippen LogP contribution is -2.31. The van der Waals surface area contributed by atoms with Crippen LogP contribution in [0.4, 0.5) is 10.8 Å². The van der Waals surface area contributed by atoms with Crippen LogP contribution in [0.5, 0.6) is 11.5 Å². The van der Waals surface area contributed by atoms with Crippen LogP contribution in [0.25, 0.3) is 0 Å². The molecule has 1 saturated heterocycles. The summed E-state index contributed by atoms with van der Waals surface area (Å²) in [4.78, 5) is 26.1. The van der Waals surface area contributed by atoms with Crippen molar-refractivity contribution in [2.24, 2.45) is 0 Å². The standard InChI is InChI=1S/C14H14N4O4S2/c1-21-8-3-7(4-9(5-8)22-2)18-11(19)6-10(12(18)20)23-14-17-16-13(15)24-14/h3-5,10H,6H2,1-2H3,(H2,15,16). The van der Waals surface area contributed by atoms with Gasteiger partial charge in [0.05, 0.1) is 19.9 Å². The van der Waals surface area contributed by atoms with Crippen molar-refractivity contribution in [3.8, 4) is 11.5 Å². The van der Waals surface area contributed by atoms with Crippen LogP contribution in [0.1, 0.15) is 6.42 Å². The lowest BCUT2D eigenvalue weighted by molar-refractivity contribution is -0.121. The molecule has 24 heavy (non-hydrogen) atoms. The van der Waals surface area contributed by atoms with Crippen molar-refractivity contribution in [3.05, 3.63) is 18.2 Å². The quantitative estimate of drug-likeness (QED) is 0.795. The van der Waals surface area contributed by atoms with E-state index in [0.29, 0.717) is 26.7 Å². The molecular formula is C14H14N4O4S2. The molecule has 1 aromatic carbocycles. The molecule has 0 aliphatic carbocycles. The van der Waals surface area contributed by atoms with Crippen LogP contribution in [-0.4, -0.2) is 41.5 Å². The zero-order valence-electron chi connectivity index (χ0n) is 12.9. The Kier molecular flexibility index (Phi) is 4.58. The Morgan fingerprint density at radius 2 is 1.88 bits per heavy atom. The number of benzene rings is 1. The number of methoxy groups -OCH3 is 2. The largest absolute Gasteiger partial charge is 0.497 e. The highest BCUT2D eigenvalue weighted by molar-refractivity contribution is 8.02. The molecule has 3 rings (SSSR count). The number of carbonyl (C=O) groups excluding carboxylic acids is 2. The zero-order chi connectivity index (χ0) is 17.3. The molecule has 0 saturated carbocycles. The van der Waals surface area contributed by atoms with Crippen molar-refractivity contribution < 1.29 is 19.1 Å². The van der Waals surface area contributed by atoms with Gasteiger partial charge in [-0.15, -0.1) is 10.2 Å². The summed E-state index contributed by atoms with van der Waals surface area (Å²) in [5, 5.41) is 7.35. The molecule has 10 heteroatoms. The lowest BCUT2D eigenvalue weighted by atomic mass is 10.2. The number of rotatable bonds is 5. The Morgan fingerprint density at radius 3 is 2.42 bits per heavy atom. The van der Waals surface area contributed by atoms with Crippen molar-refractivity contribution >= 4 is 45.7 Å². The van der Waals surface area contributed by atoms with Crippen LogP contribution < -0.4 is 20.1 Å². The normalized spacial score (nSPS) is 17.4. The minimum atomic E-state index is -0.554. The zero-order valence-corrected chi connectivity index (χ0v) is 14.5. The molecule has 0 bridgehead atoms.